The van der Waals surface area contributed by atoms with Crippen LogP contribution < -0.4 is 5.32 Å². The standard InChI is InChI=1S/C14H20F2N2O/c15-14(16,11-19)10-17-13-6-7-18(9-13)8-12-4-2-1-3-5-12/h1-5,13,17,19H,6-11H2. The summed E-state index contributed by atoms with van der Waals surface area (Å²) in [6, 6.07) is 10.2. The SMILES string of the molecule is OCC(F)(F)CNC1CCN(Cc2ccccc2)C1. The Hall–Kier alpha value is -1.04. The number of likely N-dealkylation sites (tertiary alicyclic amines) is 1. The van der Waals surface area contributed by atoms with Crippen LogP contribution in [0.4, 0.5) is 8.78 Å². The molecule has 0 saturated carbocycles. The van der Waals surface area contributed by atoms with Gasteiger partial charge in [-0.1, -0.05) is 30.3 Å². The van der Waals surface area contributed by atoms with E-state index in [1.54, 1.807) is 0 Å². The van der Waals surface area contributed by atoms with Crippen molar-refractivity contribution in [3.05, 3.63) is 35.9 Å². The molecule has 2 rings (SSSR count). The molecule has 1 aliphatic heterocycles. The van der Waals surface area contributed by atoms with Gasteiger partial charge in [-0.05, 0) is 12.0 Å². The van der Waals surface area contributed by atoms with Crippen molar-refractivity contribution in [1.82, 2.24) is 10.2 Å². The summed E-state index contributed by atoms with van der Waals surface area (Å²) < 4.78 is 25.8. The number of nitrogens with zero attached hydrogens (tertiary/aromatic N) is 1. The normalized spacial score (nSPS) is 20.9. The molecule has 0 aliphatic carbocycles. The lowest BCUT2D eigenvalue weighted by Crippen LogP contribution is -2.42. The molecule has 0 aromatic heterocycles. The maximum Gasteiger partial charge on any atom is 0.282 e. The molecule has 1 saturated heterocycles. The molecule has 3 nitrogen and oxygen atoms in total. The summed E-state index contributed by atoms with van der Waals surface area (Å²) in [6.45, 7) is 0.997. The highest BCUT2D eigenvalue weighted by atomic mass is 19.3. The van der Waals surface area contributed by atoms with E-state index in [1.165, 1.54) is 5.56 Å². The number of alkyl halides is 2. The van der Waals surface area contributed by atoms with E-state index < -0.39 is 19.1 Å². The average molecular weight is 270 g/mol. The van der Waals surface area contributed by atoms with Crippen molar-refractivity contribution in [2.45, 2.75) is 24.9 Å². The van der Waals surface area contributed by atoms with Crippen molar-refractivity contribution in [1.29, 1.82) is 0 Å². The number of halogens is 2. The van der Waals surface area contributed by atoms with Crippen LogP contribution in [0.15, 0.2) is 30.3 Å². The van der Waals surface area contributed by atoms with Crippen LogP contribution >= 0.6 is 0 Å². The van der Waals surface area contributed by atoms with Gasteiger partial charge in [-0.3, -0.25) is 4.90 Å². The van der Waals surface area contributed by atoms with Gasteiger partial charge in [-0.25, -0.2) is 8.78 Å². The number of nitrogens with one attached hydrogen (secondary N) is 1. The van der Waals surface area contributed by atoms with Gasteiger partial charge in [0.05, 0.1) is 6.54 Å². The third kappa shape index (κ3) is 4.53. The van der Waals surface area contributed by atoms with Gasteiger partial charge in [-0.15, -0.1) is 0 Å². The van der Waals surface area contributed by atoms with Crippen molar-refractivity contribution in [2.75, 3.05) is 26.2 Å². The zero-order chi connectivity index (χ0) is 13.7. The first-order valence-electron chi connectivity index (χ1n) is 6.57. The topological polar surface area (TPSA) is 35.5 Å². The summed E-state index contributed by atoms with van der Waals surface area (Å²) in [4.78, 5) is 2.25. The Morgan fingerprint density at radius 1 is 1.32 bits per heavy atom. The third-order valence-corrected chi connectivity index (χ3v) is 3.40. The molecule has 1 atom stereocenters. The molecule has 0 spiro atoms. The highest BCUT2D eigenvalue weighted by Gasteiger charge is 2.30. The average Bonchev–Trinajstić information content (AvgIpc) is 2.86. The monoisotopic (exact) mass is 270 g/mol. The number of hydrogen-bond donors (Lipinski definition) is 2. The van der Waals surface area contributed by atoms with Crippen molar-refractivity contribution in [2.24, 2.45) is 0 Å². The van der Waals surface area contributed by atoms with Crippen LogP contribution in [-0.2, 0) is 6.54 Å². The van der Waals surface area contributed by atoms with Crippen molar-refractivity contribution < 1.29 is 13.9 Å². The Labute approximate surface area is 112 Å². The van der Waals surface area contributed by atoms with Gasteiger partial charge in [0.25, 0.3) is 5.92 Å². The first kappa shape index (κ1) is 14.4. The summed E-state index contributed by atoms with van der Waals surface area (Å²) >= 11 is 0. The van der Waals surface area contributed by atoms with Gasteiger partial charge in [0.1, 0.15) is 6.61 Å². The van der Waals surface area contributed by atoms with Crippen LogP contribution in [-0.4, -0.2) is 48.2 Å². The highest BCUT2D eigenvalue weighted by Crippen LogP contribution is 2.15. The van der Waals surface area contributed by atoms with Crippen molar-refractivity contribution in [3.8, 4) is 0 Å². The number of rotatable bonds is 6. The van der Waals surface area contributed by atoms with Crippen molar-refractivity contribution >= 4 is 0 Å². The molecular formula is C14H20F2N2O. The fourth-order valence-electron chi connectivity index (χ4n) is 2.33. The molecule has 0 radical (unpaired) electrons. The minimum atomic E-state index is -3.02. The molecule has 106 valence electrons. The lowest BCUT2D eigenvalue weighted by Gasteiger charge is -2.19. The second-order valence-electron chi connectivity index (χ2n) is 5.10. The maximum atomic E-state index is 12.9. The molecule has 1 aromatic rings. The Kier molecular flexibility index (Phi) is 4.85. The van der Waals surface area contributed by atoms with Gasteiger partial charge in [-0.2, -0.15) is 0 Å². The van der Waals surface area contributed by atoms with Gasteiger partial charge in [0.2, 0.25) is 0 Å². The van der Waals surface area contributed by atoms with Gasteiger partial charge in [0.15, 0.2) is 0 Å². The predicted molar refractivity (Wildman–Crippen MR) is 70.2 cm³/mol. The summed E-state index contributed by atoms with van der Waals surface area (Å²) in [7, 11) is 0. The highest BCUT2D eigenvalue weighted by molar-refractivity contribution is 5.14. The van der Waals surface area contributed by atoms with E-state index in [0.29, 0.717) is 0 Å². The van der Waals surface area contributed by atoms with E-state index >= 15 is 0 Å². The fourth-order valence-corrected chi connectivity index (χ4v) is 2.33. The fraction of sp³-hybridized carbons (Fsp3) is 0.571. The Balaban J connectivity index is 1.74. The quantitative estimate of drug-likeness (QED) is 0.822. The molecule has 1 heterocycles. The molecule has 1 aliphatic rings. The van der Waals surface area contributed by atoms with Crippen LogP contribution in [0.3, 0.4) is 0 Å². The summed E-state index contributed by atoms with van der Waals surface area (Å²) in [6.07, 6.45) is 0.869. The second-order valence-corrected chi connectivity index (χ2v) is 5.10. The first-order chi connectivity index (χ1) is 9.09. The minimum absolute atomic E-state index is 0.0844. The van der Waals surface area contributed by atoms with Crippen LogP contribution in [0.5, 0.6) is 0 Å². The van der Waals surface area contributed by atoms with Crippen LogP contribution in [0.25, 0.3) is 0 Å². The number of aliphatic hydroxyl groups is 1. The molecule has 1 unspecified atom stereocenters. The zero-order valence-corrected chi connectivity index (χ0v) is 10.9. The Morgan fingerprint density at radius 2 is 2.05 bits per heavy atom. The van der Waals surface area contributed by atoms with E-state index in [9.17, 15) is 8.78 Å². The molecular weight excluding hydrogens is 250 g/mol. The van der Waals surface area contributed by atoms with Gasteiger partial charge >= 0.3 is 0 Å². The number of benzene rings is 1. The molecule has 1 fully saturated rings. The van der Waals surface area contributed by atoms with Crippen LogP contribution in [0, 0.1) is 0 Å². The molecule has 0 amide bonds. The first-order valence-corrected chi connectivity index (χ1v) is 6.57. The number of hydrogen-bond acceptors (Lipinski definition) is 3. The van der Waals surface area contributed by atoms with E-state index in [0.717, 1.165) is 26.1 Å². The van der Waals surface area contributed by atoms with Gasteiger partial charge in [0, 0.05) is 25.7 Å². The predicted octanol–water partition coefficient (Wildman–Crippen LogP) is 1.48. The summed E-state index contributed by atoms with van der Waals surface area (Å²) in [5, 5.41) is 11.4. The van der Waals surface area contributed by atoms with E-state index in [1.807, 2.05) is 18.2 Å². The van der Waals surface area contributed by atoms with E-state index in [-0.39, 0.29) is 6.04 Å². The molecule has 5 heteroatoms. The molecule has 2 N–H and O–H groups in total. The molecule has 1 aromatic carbocycles. The maximum absolute atomic E-state index is 12.9. The van der Waals surface area contributed by atoms with Crippen LogP contribution in [0.1, 0.15) is 12.0 Å². The lowest BCUT2D eigenvalue weighted by atomic mass is 10.2. The molecule has 19 heavy (non-hydrogen) atoms. The minimum Gasteiger partial charge on any atom is -0.390 e. The zero-order valence-electron chi connectivity index (χ0n) is 10.9. The Bertz CT molecular complexity index is 386. The Morgan fingerprint density at radius 3 is 2.74 bits per heavy atom. The summed E-state index contributed by atoms with van der Waals surface area (Å²) in [5.74, 6) is -3.02. The smallest absolute Gasteiger partial charge is 0.282 e. The van der Waals surface area contributed by atoms with E-state index in [4.69, 9.17) is 5.11 Å². The third-order valence-electron chi connectivity index (χ3n) is 3.40. The van der Waals surface area contributed by atoms with Crippen molar-refractivity contribution in [3.63, 3.8) is 0 Å². The largest absolute Gasteiger partial charge is 0.390 e. The number of aliphatic hydroxyl groups excluding tert-OH is 1. The lowest BCUT2D eigenvalue weighted by molar-refractivity contribution is -0.0491. The molecule has 0 bridgehead atoms. The second kappa shape index (κ2) is 6.41. The van der Waals surface area contributed by atoms with Crippen LogP contribution in [0.2, 0.25) is 0 Å². The van der Waals surface area contributed by atoms with Gasteiger partial charge < -0.3 is 10.4 Å². The summed E-state index contributed by atoms with van der Waals surface area (Å²) in [5.41, 5.74) is 1.24. The van der Waals surface area contributed by atoms with E-state index in [2.05, 4.69) is 22.3 Å².